The number of ether oxygens (including phenoxy) is 2. The number of aromatic nitrogens is 1. The number of carbonyl (C=O) groups excluding carboxylic acids is 1. The van der Waals surface area contributed by atoms with Crippen LogP contribution in [0.3, 0.4) is 0 Å². The normalized spacial score (nSPS) is 11.8. The van der Waals surface area contributed by atoms with Gasteiger partial charge in [-0.2, -0.15) is 4.99 Å². The Labute approximate surface area is 158 Å². The summed E-state index contributed by atoms with van der Waals surface area (Å²) in [5.41, 5.74) is 1.06. The molecular formula is C17H14Cl2N2O3S. The second-order valence-electron chi connectivity index (χ2n) is 5.13. The molecule has 0 aliphatic rings. The number of halogens is 2. The Morgan fingerprint density at radius 3 is 2.48 bits per heavy atom. The lowest BCUT2D eigenvalue weighted by molar-refractivity contribution is 0.0994. The maximum atomic E-state index is 12.7. The van der Waals surface area contributed by atoms with E-state index < -0.39 is 5.91 Å². The molecule has 130 valence electrons. The van der Waals surface area contributed by atoms with Crippen molar-refractivity contribution < 1.29 is 14.3 Å². The molecule has 0 N–H and O–H groups in total. The van der Waals surface area contributed by atoms with Crippen LogP contribution >= 0.6 is 34.5 Å². The molecule has 8 heteroatoms. The molecule has 0 aliphatic carbocycles. The second-order valence-corrected chi connectivity index (χ2v) is 6.93. The van der Waals surface area contributed by atoms with E-state index in [0.29, 0.717) is 31.9 Å². The number of nitrogens with zero attached hydrogens (tertiary/aromatic N) is 2. The zero-order valence-electron chi connectivity index (χ0n) is 13.7. The predicted octanol–water partition coefficient (Wildman–Crippen LogP) is 4.30. The van der Waals surface area contributed by atoms with Gasteiger partial charge in [0.05, 0.1) is 40.0 Å². The third kappa shape index (κ3) is 3.25. The highest BCUT2D eigenvalue weighted by molar-refractivity contribution is 7.17. The third-order valence-electron chi connectivity index (χ3n) is 3.68. The summed E-state index contributed by atoms with van der Waals surface area (Å²) in [6, 6.07) is 8.42. The molecular weight excluding hydrogens is 383 g/mol. The average Bonchev–Trinajstić information content (AvgIpc) is 2.95. The topological polar surface area (TPSA) is 52.8 Å². The quantitative estimate of drug-likeness (QED) is 0.662. The van der Waals surface area contributed by atoms with Gasteiger partial charge in [0.25, 0.3) is 5.91 Å². The van der Waals surface area contributed by atoms with Crippen molar-refractivity contribution in [3.63, 3.8) is 0 Å². The first kappa shape index (κ1) is 17.8. The third-order valence-corrected chi connectivity index (χ3v) is 5.58. The van der Waals surface area contributed by atoms with Crippen LogP contribution < -0.4 is 14.3 Å². The van der Waals surface area contributed by atoms with Crippen LogP contribution in [-0.4, -0.2) is 24.7 Å². The second kappa shape index (κ2) is 7.07. The van der Waals surface area contributed by atoms with E-state index in [4.69, 9.17) is 32.7 Å². The summed E-state index contributed by atoms with van der Waals surface area (Å²) in [5, 5.41) is 1.11. The van der Waals surface area contributed by atoms with Gasteiger partial charge in [-0.25, -0.2) is 0 Å². The summed E-state index contributed by atoms with van der Waals surface area (Å²) in [6.07, 6.45) is 0. The van der Waals surface area contributed by atoms with E-state index in [1.165, 1.54) is 25.6 Å². The Kier molecular flexibility index (Phi) is 5.03. The van der Waals surface area contributed by atoms with Crippen LogP contribution in [0.2, 0.25) is 10.0 Å². The lowest BCUT2D eigenvalue weighted by Gasteiger charge is -2.07. The molecule has 0 bridgehead atoms. The van der Waals surface area contributed by atoms with Gasteiger partial charge < -0.3 is 14.0 Å². The number of aryl methyl sites for hydroxylation is 1. The summed E-state index contributed by atoms with van der Waals surface area (Å²) in [7, 11) is 4.82. The molecule has 3 aromatic rings. The number of methoxy groups -OCH3 is 2. The van der Waals surface area contributed by atoms with E-state index in [-0.39, 0.29) is 0 Å². The van der Waals surface area contributed by atoms with Crippen LogP contribution in [0.25, 0.3) is 10.2 Å². The van der Waals surface area contributed by atoms with Crippen molar-refractivity contribution in [2.75, 3.05) is 14.2 Å². The van der Waals surface area contributed by atoms with Gasteiger partial charge >= 0.3 is 0 Å². The van der Waals surface area contributed by atoms with Gasteiger partial charge in [0, 0.05) is 7.05 Å². The molecule has 1 aromatic heterocycles. The Morgan fingerprint density at radius 2 is 1.84 bits per heavy atom. The standard InChI is InChI=1S/C17H14Cl2N2O3S/c1-21-14-11(18)5-6-12(19)15(14)25-17(21)20-16(22)10-8-9(23-2)4-7-13(10)24-3/h4-8H,1-3H3. The Bertz CT molecular complexity index is 1040. The van der Waals surface area contributed by atoms with Gasteiger partial charge in [-0.05, 0) is 30.3 Å². The Balaban J connectivity index is 2.18. The van der Waals surface area contributed by atoms with E-state index in [9.17, 15) is 4.79 Å². The van der Waals surface area contributed by atoms with Crippen molar-refractivity contribution in [1.29, 1.82) is 0 Å². The van der Waals surface area contributed by atoms with Gasteiger partial charge in [0.1, 0.15) is 11.5 Å². The fraction of sp³-hybridized carbons (Fsp3) is 0.176. The van der Waals surface area contributed by atoms with Gasteiger partial charge in [0.15, 0.2) is 4.80 Å². The number of rotatable bonds is 3. The van der Waals surface area contributed by atoms with E-state index in [2.05, 4.69) is 4.99 Å². The number of hydrogen-bond acceptors (Lipinski definition) is 4. The fourth-order valence-electron chi connectivity index (χ4n) is 2.41. The number of carbonyl (C=O) groups is 1. The highest BCUT2D eigenvalue weighted by atomic mass is 35.5. The van der Waals surface area contributed by atoms with E-state index in [0.717, 1.165) is 10.2 Å². The summed E-state index contributed by atoms with van der Waals surface area (Å²) >= 11 is 13.8. The highest BCUT2D eigenvalue weighted by Crippen LogP contribution is 2.31. The molecule has 0 saturated carbocycles. The molecule has 25 heavy (non-hydrogen) atoms. The van der Waals surface area contributed by atoms with Crippen molar-refractivity contribution in [1.82, 2.24) is 4.57 Å². The molecule has 2 aromatic carbocycles. The Hall–Kier alpha value is -2.02. The lowest BCUT2D eigenvalue weighted by atomic mass is 10.2. The molecule has 0 aliphatic heterocycles. The average molecular weight is 397 g/mol. The molecule has 0 spiro atoms. The molecule has 3 rings (SSSR count). The largest absolute Gasteiger partial charge is 0.497 e. The minimum absolute atomic E-state index is 0.316. The molecule has 0 saturated heterocycles. The molecule has 0 unspecified atom stereocenters. The lowest BCUT2D eigenvalue weighted by Crippen LogP contribution is -2.14. The molecule has 5 nitrogen and oxygen atoms in total. The maximum Gasteiger partial charge on any atom is 0.283 e. The van der Waals surface area contributed by atoms with Crippen LogP contribution in [0.1, 0.15) is 10.4 Å². The first-order valence-electron chi connectivity index (χ1n) is 7.21. The molecule has 0 atom stereocenters. The van der Waals surface area contributed by atoms with Crippen molar-refractivity contribution in [2.45, 2.75) is 0 Å². The number of benzene rings is 2. The summed E-state index contributed by atoms with van der Waals surface area (Å²) in [4.78, 5) is 17.4. The van der Waals surface area contributed by atoms with Crippen molar-refractivity contribution in [2.24, 2.45) is 12.0 Å². The first-order valence-corrected chi connectivity index (χ1v) is 8.78. The van der Waals surface area contributed by atoms with Crippen LogP contribution in [0.15, 0.2) is 35.3 Å². The summed E-state index contributed by atoms with van der Waals surface area (Å²) < 4.78 is 12.9. The van der Waals surface area contributed by atoms with E-state index in [1.807, 2.05) is 0 Å². The zero-order chi connectivity index (χ0) is 18.1. The number of fused-ring (bicyclic) bond motifs is 1. The summed E-state index contributed by atoms with van der Waals surface area (Å²) in [6.45, 7) is 0. The zero-order valence-corrected chi connectivity index (χ0v) is 16.0. The number of amides is 1. The fourth-order valence-corrected chi connectivity index (χ4v) is 4.07. The summed E-state index contributed by atoms with van der Waals surface area (Å²) in [5.74, 6) is 0.533. The monoisotopic (exact) mass is 396 g/mol. The van der Waals surface area contributed by atoms with Crippen LogP contribution in [0, 0.1) is 0 Å². The first-order chi connectivity index (χ1) is 12.0. The van der Waals surface area contributed by atoms with Gasteiger partial charge in [-0.15, -0.1) is 0 Å². The maximum absolute atomic E-state index is 12.7. The predicted molar refractivity (Wildman–Crippen MR) is 100 cm³/mol. The van der Waals surface area contributed by atoms with Crippen molar-refractivity contribution >= 4 is 50.7 Å². The van der Waals surface area contributed by atoms with Crippen LogP contribution in [-0.2, 0) is 7.05 Å². The van der Waals surface area contributed by atoms with Crippen molar-refractivity contribution in [3.05, 3.63) is 50.7 Å². The van der Waals surface area contributed by atoms with Crippen molar-refractivity contribution in [3.8, 4) is 11.5 Å². The molecule has 1 amide bonds. The SMILES string of the molecule is COc1ccc(OC)c(C(=O)N=c2sc3c(Cl)ccc(Cl)c3n2C)c1. The van der Waals surface area contributed by atoms with Crippen LogP contribution in [0.4, 0.5) is 0 Å². The highest BCUT2D eigenvalue weighted by Gasteiger charge is 2.15. The minimum atomic E-state index is -0.440. The molecule has 0 fully saturated rings. The van der Waals surface area contributed by atoms with Gasteiger partial charge in [-0.3, -0.25) is 4.79 Å². The van der Waals surface area contributed by atoms with Gasteiger partial charge in [0.2, 0.25) is 0 Å². The molecule has 0 radical (unpaired) electrons. The van der Waals surface area contributed by atoms with Crippen LogP contribution in [0.5, 0.6) is 11.5 Å². The number of hydrogen-bond donors (Lipinski definition) is 0. The smallest absolute Gasteiger partial charge is 0.283 e. The Morgan fingerprint density at radius 1 is 1.12 bits per heavy atom. The van der Waals surface area contributed by atoms with E-state index in [1.54, 1.807) is 41.9 Å². The van der Waals surface area contributed by atoms with E-state index >= 15 is 0 Å². The minimum Gasteiger partial charge on any atom is -0.497 e. The number of thiazole rings is 1. The van der Waals surface area contributed by atoms with Gasteiger partial charge in [-0.1, -0.05) is 34.5 Å². The molecule has 1 heterocycles.